The number of anilines is 5. The van der Waals surface area contributed by atoms with Gasteiger partial charge in [-0.15, -0.1) is 0 Å². The van der Waals surface area contributed by atoms with E-state index in [1.165, 1.54) is 0 Å². The molecule has 3 aromatic rings. The van der Waals surface area contributed by atoms with Crippen molar-refractivity contribution < 1.29 is 8.42 Å². The highest BCUT2D eigenvalue weighted by Gasteiger charge is 2.12. The molecule has 27 heavy (non-hydrogen) atoms. The van der Waals surface area contributed by atoms with E-state index in [2.05, 4.69) is 15.3 Å². The average molecular weight is 383 g/mol. The molecule has 1 heterocycles. The van der Waals surface area contributed by atoms with Crippen molar-refractivity contribution in [3.8, 4) is 0 Å². The number of hydrogen-bond acceptors (Lipinski definition) is 7. The lowest BCUT2D eigenvalue weighted by Crippen LogP contribution is -2.12. The van der Waals surface area contributed by atoms with Gasteiger partial charge in [0.1, 0.15) is 5.82 Å². The van der Waals surface area contributed by atoms with Crippen molar-refractivity contribution in [3.63, 3.8) is 0 Å². The van der Waals surface area contributed by atoms with E-state index in [0.29, 0.717) is 23.1 Å². The molecule has 0 aliphatic carbocycles. The summed E-state index contributed by atoms with van der Waals surface area (Å²) in [5.74, 6) is 1.12. The minimum atomic E-state index is -3.27. The van der Waals surface area contributed by atoms with Gasteiger partial charge in [0.15, 0.2) is 9.84 Å². The number of hydrogen-bond donors (Lipinski definition) is 2. The Kier molecular flexibility index (Phi) is 5.27. The van der Waals surface area contributed by atoms with Gasteiger partial charge in [-0.05, 0) is 48.5 Å². The predicted octanol–water partition coefficient (Wildman–Crippen LogP) is 3.36. The van der Waals surface area contributed by atoms with Crippen LogP contribution in [0.1, 0.15) is 6.92 Å². The first-order chi connectivity index (χ1) is 12.9. The molecule has 0 aliphatic heterocycles. The zero-order valence-corrected chi connectivity index (χ0v) is 15.9. The minimum Gasteiger partial charge on any atom is -0.399 e. The van der Waals surface area contributed by atoms with E-state index in [-0.39, 0.29) is 10.6 Å². The zero-order valence-electron chi connectivity index (χ0n) is 15.1. The van der Waals surface area contributed by atoms with Crippen LogP contribution in [0.2, 0.25) is 0 Å². The van der Waals surface area contributed by atoms with Gasteiger partial charge in [-0.25, -0.2) is 13.4 Å². The van der Waals surface area contributed by atoms with E-state index in [0.717, 1.165) is 5.69 Å². The third kappa shape index (κ3) is 4.35. The fourth-order valence-electron chi connectivity index (χ4n) is 2.49. The fraction of sp³-hybridized carbons (Fsp3) is 0.158. The van der Waals surface area contributed by atoms with E-state index in [1.807, 2.05) is 36.2 Å². The number of nitrogen functional groups attached to an aromatic ring is 1. The van der Waals surface area contributed by atoms with Gasteiger partial charge in [-0.2, -0.15) is 4.98 Å². The SMILES string of the molecule is CCS(=O)(=O)c1cccc(Nc2nccc(N(C)c3ccc(N)cc3)n2)c1. The van der Waals surface area contributed by atoms with Gasteiger partial charge in [0.2, 0.25) is 5.95 Å². The standard InChI is InChI=1S/C19H21N5O2S/c1-3-27(25,26)17-6-4-5-15(13-17)22-19-21-12-11-18(23-19)24(2)16-9-7-14(20)8-10-16/h4-13H,3,20H2,1-2H3,(H,21,22,23). The molecule has 8 heteroatoms. The molecular formula is C19H21N5O2S. The van der Waals surface area contributed by atoms with Gasteiger partial charge in [0.05, 0.1) is 10.6 Å². The highest BCUT2D eigenvalue weighted by molar-refractivity contribution is 7.91. The van der Waals surface area contributed by atoms with Crippen molar-refractivity contribution in [2.75, 3.05) is 28.8 Å². The molecule has 0 amide bonds. The van der Waals surface area contributed by atoms with Crippen LogP contribution in [0, 0.1) is 0 Å². The van der Waals surface area contributed by atoms with Crippen molar-refractivity contribution in [3.05, 3.63) is 60.8 Å². The number of aromatic nitrogens is 2. The van der Waals surface area contributed by atoms with E-state index in [1.54, 1.807) is 43.5 Å². The van der Waals surface area contributed by atoms with E-state index < -0.39 is 9.84 Å². The quantitative estimate of drug-likeness (QED) is 0.629. The second-order valence-corrected chi connectivity index (χ2v) is 8.22. The highest BCUT2D eigenvalue weighted by Crippen LogP contribution is 2.24. The third-order valence-electron chi connectivity index (χ3n) is 4.09. The monoisotopic (exact) mass is 383 g/mol. The second kappa shape index (κ2) is 7.63. The van der Waals surface area contributed by atoms with Crippen LogP contribution in [0.5, 0.6) is 0 Å². The molecule has 0 bridgehead atoms. The Hall–Kier alpha value is -3.13. The van der Waals surface area contributed by atoms with Crippen LogP contribution in [0.3, 0.4) is 0 Å². The van der Waals surface area contributed by atoms with Crippen LogP contribution < -0.4 is 16.0 Å². The maximum atomic E-state index is 12.1. The average Bonchev–Trinajstić information content (AvgIpc) is 2.68. The molecule has 0 saturated carbocycles. The molecule has 0 aliphatic rings. The Morgan fingerprint density at radius 1 is 1.11 bits per heavy atom. The molecule has 7 nitrogen and oxygen atoms in total. The predicted molar refractivity (Wildman–Crippen MR) is 108 cm³/mol. The summed E-state index contributed by atoms with van der Waals surface area (Å²) in [5, 5.41) is 3.06. The number of nitrogens with two attached hydrogens (primary N) is 1. The van der Waals surface area contributed by atoms with Crippen LogP contribution in [-0.4, -0.2) is 31.2 Å². The fourth-order valence-corrected chi connectivity index (χ4v) is 3.42. The molecule has 0 radical (unpaired) electrons. The van der Waals surface area contributed by atoms with Gasteiger partial charge >= 0.3 is 0 Å². The molecule has 3 rings (SSSR count). The van der Waals surface area contributed by atoms with Gasteiger partial charge in [-0.3, -0.25) is 0 Å². The van der Waals surface area contributed by atoms with E-state index in [9.17, 15) is 8.42 Å². The normalized spacial score (nSPS) is 11.2. The van der Waals surface area contributed by atoms with Gasteiger partial charge in [0.25, 0.3) is 0 Å². The molecule has 0 spiro atoms. The lowest BCUT2D eigenvalue weighted by Gasteiger charge is -2.19. The number of nitrogens with one attached hydrogen (secondary N) is 1. The molecule has 0 fully saturated rings. The lowest BCUT2D eigenvalue weighted by atomic mass is 10.2. The summed E-state index contributed by atoms with van der Waals surface area (Å²) < 4.78 is 24.1. The van der Waals surface area contributed by atoms with Gasteiger partial charge in [0, 0.05) is 30.3 Å². The molecule has 1 aromatic heterocycles. The summed E-state index contributed by atoms with van der Waals surface area (Å²) in [4.78, 5) is 10.9. The maximum Gasteiger partial charge on any atom is 0.229 e. The van der Waals surface area contributed by atoms with Gasteiger partial charge < -0.3 is 16.0 Å². The van der Waals surface area contributed by atoms with E-state index >= 15 is 0 Å². The molecule has 0 atom stereocenters. The molecule has 2 aromatic carbocycles. The molecule has 3 N–H and O–H groups in total. The van der Waals surface area contributed by atoms with Crippen LogP contribution in [-0.2, 0) is 9.84 Å². The van der Waals surface area contributed by atoms with Crippen molar-refractivity contribution in [1.82, 2.24) is 9.97 Å². The summed E-state index contributed by atoms with van der Waals surface area (Å²) in [6.45, 7) is 1.62. The van der Waals surface area contributed by atoms with Crippen molar-refractivity contribution in [1.29, 1.82) is 0 Å². The smallest absolute Gasteiger partial charge is 0.229 e. The summed E-state index contributed by atoms with van der Waals surface area (Å²) >= 11 is 0. The van der Waals surface area contributed by atoms with Crippen molar-refractivity contribution in [2.24, 2.45) is 0 Å². The third-order valence-corrected chi connectivity index (χ3v) is 5.83. The molecule has 0 unspecified atom stereocenters. The topological polar surface area (TPSA) is 101 Å². The lowest BCUT2D eigenvalue weighted by molar-refractivity contribution is 0.597. The first kappa shape index (κ1) is 18.7. The van der Waals surface area contributed by atoms with Crippen molar-refractivity contribution in [2.45, 2.75) is 11.8 Å². The number of benzene rings is 2. The summed E-state index contributed by atoms with van der Waals surface area (Å²) in [7, 11) is -1.38. The Morgan fingerprint density at radius 3 is 2.56 bits per heavy atom. The van der Waals surface area contributed by atoms with Crippen molar-refractivity contribution >= 4 is 38.7 Å². The van der Waals surface area contributed by atoms with Crippen LogP contribution >= 0.6 is 0 Å². The van der Waals surface area contributed by atoms with Gasteiger partial charge in [-0.1, -0.05) is 13.0 Å². The summed E-state index contributed by atoms with van der Waals surface area (Å²) in [6.07, 6.45) is 1.64. The minimum absolute atomic E-state index is 0.0504. The largest absolute Gasteiger partial charge is 0.399 e. The highest BCUT2D eigenvalue weighted by atomic mass is 32.2. The maximum absolute atomic E-state index is 12.1. The first-order valence-corrected chi connectivity index (χ1v) is 10.1. The Labute approximate surface area is 158 Å². The van der Waals surface area contributed by atoms with E-state index in [4.69, 9.17) is 5.73 Å². The number of sulfone groups is 1. The number of nitrogens with zero attached hydrogens (tertiary/aromatic N) is 3. The molecular weight excluding hydrogens is 362 g/mol. The molecule has 0 saturated heterocycles. The zero-order chi connectivity index (χ0) is 19.4. The first-order valence-electron chi connectivity index (χ1n) is 8.41. The van der Waals surface area contributed by atoms with Crippen LogP contribution in [0.25, 0.3) is 0 Å². The Morgan fingerprint density at radius 2 is 1.85 bits per heavy atom. The second-order valence-electron chi connectivity index (χ2n) is 5.95. The molecule has 140 valence electrons. The number of rotatable bonds is 6. The Balaban J connectivity index is 1.84. The van der Waals surface area contributed by atoms with Crippen LogP contribution in [0.4, 0.5) is 28.8 Å². The Bertz CT molecular complexity index is 1040. The van der Waals surface area contributed by atoms with Crippen LogP contribution in [0.15, 0.2) is 65.7 Å². The summed E-state index contributed by atoms with van der Waals surface area (Å²) in [5.41, 5.74) is 7.97. The summed E-state index contributed by atoms with van der Waals surface area (Å²) in [6, 6.07) is 15.9.